The van der Waals surface area contributed by atoms with Crippen molar-refractivity contribution in [2.45, 2.75) is 53.1 Å². The first kappa shape index (κ1) is 17.4. The normalized spacial score (nSPS) is 11.1. The Bertz CT molecular complexity index is 457. The average Bonchev–Trinajstić information content (AvgIpc) is 2.46. The Kier molecular flexibility index (Phi) is 7.15. The lowest BCUT2D eigenvalue weighted by Crippen LogP contribution is -2.21. The van der Waals surface area contributed by atoms with Crippen LogP contribution in [-0.4, -0.2) is 17.6 Å². The highest BCUT2D eigenvalue weighted by molar-refractivity contribution is 5.48. The van der Waals surface area contributed by atoms with Crippen LogP contribution in [0.3, 0.4) is 0 Å². The summed E-state index contributed by atoms with van der Waals surface area (Å²) in [6.07, 6.45) is 2.03. The summed E-state index contributed by atoms with van der Waals surface area (Å²) in [4.78, 5) is 10.7. The zero-order valence-electron chi connectivity index (χ0n) is 13.4. The Morgan fingerprint density at radius 2 is 1.95 bits per heavy atom. The van der Waals surface area contributed by atoms with Gasteiger partial charge in [0.15, 0.2) is 5.75 Å². The standard InChI is InChI=1S/C16H26N2O3/c1-5-13(6-2)11-21-16-9-14(10-17-12(3)4)7-8-15(16)18(19)20/h7-9,12-13,17H,5-6,10-11H2,1-4H3. The van der Waals surface area contributed by atoms with Gasteiger partial charge in [0.2, 0.25) is 0 Å². The van der Waals surface area contributed by atoms with E-state index in [-0.39, 0.29) is 10.6 Å². The smallest absolute Gasteiger partial charge is 0.310 e. The van der Waals surface area contributed by atoms with Crippen molar-refractivity contribution in [1.82, 2.24) is 5.32 Å². The second kappa shape index (κ2) is 8.62. The van der Waals surface area contributed by atoms with Gasteiger partial charge in [0.25, 0.3) is 0 Å². The highest BCUT2D eigenvalue weighted by Gasteiger charge is 2.17. The highest BCUT2D eigenvalue weighted by Crippen LogP contribution is 2.29. The SMILES string of the molecule is CCC(CC)COc1cc(CNC(C)C)ccc1[N+](=O)[O-]. The fourth-order valence-electron chi connectivity index (χ4n) is 1.99. The molecule has 0 saturated heterocycles. The van der Waals surface area contributed by atoms with Gasteiger partial charge in [0, 0.05) is 18.7 Å². The number of nitro groups is 1. The summed E-state index contributed by atoms with van der Waals surface area (Å²) in [5.74, 6) is 0.803. The summed E-state index contributed by atoms with van der Waals surface area (Å²) >= 11 is 0. The number of nitrogens with one attached hydrogen (secondary N) is 1. The topological polar surface area (TPSA) is 64.4 Å². The third-order valence-electron chi connectivity index (χ3n) is 3.56. The number of ether oxygens (including phenoxy) is 1. The van der Waals surface area contributed by atoms with Gasteiger partial charge in [-0.15, -0.1) is 0 Å². The molecule has 5 heteroatoms. The average molecular weight is 294 g/mol. The van der Waals surface area contributed by atoms with Gasteiger partial charge in [-0.1, -0.05) is 46.6 Å². The van der Waals surface area contributed by atoms with Crippen molar-refractivity contribution in [2.75, 3.05) is 6.61 Å². The molecule has 0 unspecified atom stereocenters. The van der Waals surface area contributed by atoms with Crippen molar-refractivity contribution in [1.29, 1.82) is 0 Å². The van der Waals surface area contributed by atoms with E-state index in [1.807, 2.05) is 0 Å². The van der Waals surface area contributed by atoms with Crippen molar-refractivity contribution in [3.05, 3.63) is 33.9 Å². The Balaban J connectivity index is 2.85. The predicted molar refractivity (Wildman–Crippen MR) is 84.6 cm³/mol. The van der Waals surface area contributed by atoms with Crippen LogP contribution in [0, 0.1) is 16.0 Å². The molecule has 0 fully saturated rings. The molecule has 0 atom stereocenters. The summed E-state index contributed by atoms with van der Waals surface area (Å²) in [5, 5.41) is 14.4. The summed E-state index contributed by atoms with van der Waals surface area (Å²) in [6.45, 7) is 9.54. The summed E-state index contributed by atoms with van der Waals surface area (Å²) in [5.41, 5.74) is 1.03. The van der Waals surface area contributed by atoms with Gasteiger partial charge in [-0.05, 0) is 17.5 Å². The third kappa shape index (κ3) is 5.71. The van der Waals surface area contributed by atoms with Crippen LogP contribution in [0.25, 0.3) is 0 Å². The van der Waals surface area contributed by atoms with Crippen molar-refractivity contribution < 1.29 is 9.66 Å². The van der Waals surface area contributed by atoms with Gasteiger partial charge >= 0.3 is 5.69 Å². The highest BCUT2D eigenvalue weighted by atomic mass is 16.6. The van der Waals surface area contributed by atoms with Gasteiger partial charge < -0.3 is 10.1 Å². The molecular formula is C16H26N2O3. The molecule has 0 radical (unpaired) electrons. The van der Waals surface area contributed by atoms with Gasteiger partial charge in [0.1, 0.15) is 0 Å². The molecule has 0 aromatic heterocycles. The van der Waals surface area contributed by atoms with Crippen LogP contribution in [0.1, 0.15) is 46.1 Å². The summed E-state index contributed by atoms with van der Waals surface area (Å²) < 4.78 is 5.72. The molecule has 1 N–H and O–H groups in total. The molecule has 118 valence electrons. The molecule has 0 spiro atoms. The third-order valence-corrected chi connectivity index (χ3v) is 3.56. The van der Waals surface area contributed by atoms with Gasteiger partial charge in [-0.25, -0.2) is 0 Å². The van der Waals surface area contributed by atoms with Crippen LogP contribution in [0.15, 0.2) is 18.2 Å². The number of benzene rings is 1. The molecule has 0 aliphatic heterocycles. The monoisotopic (exact) mass is 294 g/mol. The van der Waals surface area contributed by atoms with E-state index in [4.69, 9.17) is 4.74 Å². The quantitative estimate of drug-likeness (QED) is 0.554. The minimum atomic E-state index is -0.387. The van der Waals surface area contributed by atoms with E-state index in [0.29, 0.717) is 30.9 Å². The van der Waals surface area contributed by atoms with Crippen molar-refractivity contribution >= 4 is 5.69 Å². The summed E-state index contributed by atoms with van der Waals surface area (Å²) in [7, 11) is 0. The van der Waals surface area contributed by atoms with E-state index < -0.39 is 0 Å². The van der Waals surface area contributed by atoms with Gasteiger partial charge in [0.05, 0.1) is 11.5 Å². The largest absolute Gasteiger partial charge is 0.487 e. The van der Waals surface area contributed by atoms with Crippen LogP contribution in [0.4, 0.5) is 5.69 Å². The second-order valence-corrected chi connectivity index (χ2v) is 5.59. The van der Waals surface area contributed by atoms with Gasteiger partial charge in [-0.3, -0.25) is 10.1 Å². The van der Waals surface area contributed by atoms with Crippen molar-refractivity contribution in [3.63, 3.8) is 0 Å². The molecule has 0 heterocycles. The maximum atomic E-state index is 11.1. The molecule has 0 saturated carbocycles. The molecule has 0 amide bonds. The predicted octanol–water partition coefficient (Wildman–Crippen LogP) is 3.91. The maximum Gasteiger partial charge on any atom is 0.310 e. The van der Waals surface area contributed by atoms with Crippen LogP contribution in [0.5, 0.6) is 5.75 Å². The number of hydrogen-bond donors (Lipinski definition) is 1. The Hall–Kier alpha value is -1.62. The molecule has 0 aliphatic carbocycles. The molecule has 1 rings (SSSR count). The number of rotatable bonds is 9. The van der Waals surface area contributed by atoms with E-state index in [0.717, 1.165) is 18.4 Å². The number of nitrogens with zero attached hydrogens (tertiary/aromatic N) is 1. The fourth-order valence-corrected chi connectivity index (χ4v) is 1.99. The van der Waals surface area contributed by atoms with Crippen LogP contribution in [-0.2, 0) is 6.54 Å². The van der Waals surface area contributed by atoms with Gasteiger partial charge in [-0.2, -0.15) is 0 Å². The molecule has 1 aromatic carbocycles. The van der Waals surface area contributed by atoms with Crippen LogP contribution < -0.4 is 10.1 Å². The first-order valence-electron chi connectivity index (χ1n) is 7.61. The van der Waals surface area contributed by atoms with E-state index in [2.05, 4.69) is 33.0 Å². The van der Waals surface area contributed by atoms with E-state index in [1.165, 1.54) is 6.07 Å². The van der Waals surface area contributed by atoms with Crippen LogP contribution >= 0.6 is 0 Å². The lowest BCUT2D eigenvalue weighted by Gasteiger charge is -2.15. The first-order valence-corrected chi connectivity index (χ1v) is 7.61. The first-order chi connectivity index (χ1) is 9.97. The van der Waals surface area contributed by atoms with E-state index in [9.17, 15) is 10.1 Å². The molecule has 0 aliphatic rings. The Morgan fingerprint density at radius 3 is 2.48 bits per heavy atom. The van der Waals surface area contributed by atoms with Crippen molar-refractivity contribution in [2.24, 2.45) is 5.92 Å². The lowest BCUT2D eigenvalue weighted by molar-refractivity contribution is -0.385. The fraction of sp³-hybridized carbons (Fsp3) is 0.625. The summed E-state index contributed by atoms with van der Waals surface area (Å²) in [6, 6.07) is 5.45. The zero-order valence-corrected chi connectivity index (χ0v) is 13.4. The lowest BCUT2D eigenvalue weighted by atomic mass is 10.1. The second-order valence-electron chi connectivity index (χ2n) is 5.59. The van der Waals surface area contributed by atoms with Crippen LogP contribution in [0.2, 0.25) is 0 Å². The van der Waals surface area contributed by atoms with E-state index in [1.54, 1.807) is 12.1 Å². The minimum Gasteiger partial charge on any atom is -0.487 e. The molecule has 1 aromatic rings. The molecule has 0 bridgehead atoms. The zero-order chi connectivity index (χ0) is 15.8. The Labute approximate surface area is 126 Å². The molecule has 21 heavy (non-hydrogen) atoms. The number of hydrogen-bond acceptors (Lipinski definition) is 4. The van der Waals surface area contributed by atoms with Crippen molar-refractivity contribution in [3.8, 4) is 5.75 Å². The Morgan fingerprint density at radius 1 is 1.29 bits per heavy atom. The maximum absolute atomic E-state index is 11.1. The molecular weight excluding hydrogens is 268 g/mol. The number of nitro benzene ring substituents is 1. The minimum absolute atomic E-state index is 0.0363. The molecule has 5 nitrogen and oxygen atoms in total. The van der Waals surface area contributed by atoms with E-state index >= 15 is 0 Å².